The number of primary amides is 1. The maximum Gasteiger partial charge on any atom is 0.416 e. The molecule has 2 atom stereocenters. The van der Waals surface area contributed by atoms with Crippen molar-refractivity contribution in [1.82, 2.24) is 14.9 Å². The molecule has 2 rings (SSSR count). The van der Waals surface area contributed by atoms with E-state index in [0.29, 0.717) is 6.07 Å². The van der Waals surface area contributed by atoms with E-state index in [9.17, 15) is 45.9 Å². The van der Waals surface area contributed by atoms with Gasteiger partial charge >= 0.3 is 6.18 Å². The summed E-state index contributed by atoms with van der Waals surface area (Å²) in [7, 11) is -4.40. The molecule has 0 aromatic heterocycles. The number of nitrogens with one attached hydrogen (secondary N) is 2. The molecule has 11 nitrogen and oxygen atoms in total. The number of piperidine rings is 1. The predicted molar refractivity (Wildman–Crippen MR) is 116 cm³/mol. The van der Waals surface area contributed by atoms with Gasteiger partial charge in [0.15, 0.2) is 0 Å². The molecule has 0 aliphatic carbocycles. The maximum absolute atomic E-state index is 13.0. The van der Waals surface area contributed by atoms with Crippen molar-refractivity contribution >= 4 is 33.7 Å². The van der Waals surface area contributed by atoms with Gasteiger partial charge in [0, 0.05) is 37.9 Å². The summed E-state index contributed by atoms with van der Waals surface area (Å²) in [5.41, 5.74) is 3.90. The highest BCUT2D eigenvalue weighted by Gasteiger charge is 2.38. The van der Waals surface area contributed by atoms with Crippen LogP contribution in [0.15, 0.2) is 29.2 Å². The Balaban J connectivity index is 2.17. The molecular weight excluding hydrogens is 509 g/mol. The van der Waals surface area contributed by atoms with E-state index >= 15 is 0 Å². The number of nitrogens with two attached hydrogens (primary N) is 1. The SMILES string of the molecule is NC(=O)CCCNC(=O)[C@@H]1C[C@@H](NS(=O)(=O)c2cccc(C(F)(F)F)c2)CCN1C(=O)CCC(=O)[O-]. The van der Waals surface area contributed by atoms with Gasteiger partial charge in [0.1, 0.15) is 6.04 Å². The zero-order valence-electron chi connectivity index (χ0n) is 19.0. The Morgan fingerprint density at radius 3 is 2.44 bits per heavy atom. The highest BCUT2D eigenvalue weighted by atomic mass is 32.2. The van der Waals surface area contributed by atoms with Gasteiger partial charge in [-0.15, -0.1) is 0 Å². The van der Waals surface area contributed by atoms with Crippen LogP contribution < -0.4 is 20.9 Å². The normalized spacial score (nSPS) is 18.5. The molecule has 36 heavy (non-hydrogen) atoms. The standard InChI is InChI=1S/C21H27F3N4O7S/c22-21(23,24)13-3-1-4-15(11-13)36(34,35)27-14-8-10-28(18(30)6-7-19(31)32)16(12-14)20(33)26-9-2-5-17(25)29/h1,3-4,11,14,16,27H,2,5-10,12H2,(H2,25,29)(H,26,33)(H,31,32)/p-1/t14-,16-/m0/s1. The number of hydrogen-bond donors (Lipinski definition) is 3. The van der Waals surface area contributed by atoms with Crippen LogP contribution in [0.3, 0.4) is 0 Å². The van der Waals surface area contributed by atoms with E-state index in [0.717, 1.165) is 23.1 Å². The Morgan fingerprint density at radius 1 is 1.14 bits per heavy atom. The Kier molecular flexibility index (Phi) is 9.81. The largest absolute Gasteiger partial charge is 0.550 e. The Morgan fingerprint density at radius 2 is 1.83 bits per heavy atom. The molecule has 0 radical (unpaired) electrons. The molecule has 0 bridgehead atoms. The quantitative estimate of drug-likeness (QED) is 0.312. The molecule has 1 fully saturated rings. The molecule has 1 aliphatic heterocycles. The van der Waals surface area contributed by atoms with Gasteiger partial charge in [0.05, 0.1) is 10.5 Å². The van der Waals surface area contributed by atoms with Gasteiger partial charge in [0.2, 0.25) is 27.7 Å². The van der Waals surface area contributed by atoms with Crippen molar-refractivity contribution in [2.45, 2.75) is 61.7 Å². The molecule has 1 aromatic carbocycles. The molecule has 200 valence electrons. The van der Waals surface area contributed by atoms with Crippen molar-refractivity contribution in [2.75, 3.05) is 13.1 Å². The molecule has 15 heteroatoms. The number of amides is 3. The summed E-state index contributed by atoms with van der Waals surface area (Å²) >= 11 is 0. The summed E-state index contributed by atoms with van der Waals surface area (Å²) in [5, 5.41) is 13.2. The number of likely N-dealkylation sites (tertiary alicyclic amines) is 1. The number of halogens is 3. The number of benzene rings is 1. The van der Waals surface area contributed by atoms with Crippen LogP contribution in [-0.4, -0.2) is 62.2 Å². The summed E-state index contributed by atoms with van der Waals surface area (Å²) in [4.78, 5) is 47.4. The molecule has 0 unspecified atom stereocenters. The average molecular weight is 536 g/mol. The number of carbonyl (C=O) groups is 4. The first-order chi connectivity index (χ1) is 16.7. The van der Waals surface area contributed by atoms with E-state index in [4.69, 9.17) is 5.73 Å². The van der Waals surface area contributed by atoms with E-state index in [-0.39, 0.29) is 38.8 Å². The fourth-order valence-corrected chi connectivity index (χ4v) is 5.02. The summed E-state index contributed by atoms with van der Waals surface area (Å²) < 4.78 is 66.8. The summed E-state index contributed by atoms with van der Waals surface area (Å²) in [6.07, 6.45) is -5.73. The molecular formula is C21H26F3N4O7S-. The molecule has 0 saturated carbocycles. The third kappa shape index (κ3) is 8.48. The lowest BCUT2D eigenvalue weighted by molar-refractivity contribution is -0.305. The van der Waals surface area contributed by atoms with Gasteiger partial charge < -0.3 is 25.9 Å². The van der Waals surface area contributed by atoms with Crippen LogP contribution in [0.4, 0.5) is 13.2 Å². The summed E-state index contributed by atoms with van der Waals surface area (Å²) in [6.45, 7) is -0.0684. The molecule has 0 spiro atoms. The maximum atomic E-state index is 13.0. The van der Waals surface area contributed by atoms with Gasteiger partial charge in [-0.3, -0.25) is 14.4 Å². The van der Waals surface area contributed by atoms with Crippen molar-refractivity contribution in [3.63, 3.8) is 0 Å². The first-order valence-electron chi connectivity index (χ1n) is 11.0. The third-order valence-corrected chi connectivity index (χ3v) is 6.98. The smallest absolute Gasteiger partial charge is 0.416 e. The van der Waals surface area contributed by atoms with Gasteiger partial charge in [0.25, 0.3) is 0 Å². The second-order valence-corrected chi connectivity index (χ2v) is 9.92. The van der Waals surface area contributed by atoms with Crippen molar-refractivity contribution in [3.8, 4) is 0 Å². The minimum absolute atomic E-state index is 0.00137. The second kappa shape index (κ2) is 12.2. The van der Waals surface area contributed by atoms with Crippen LogP contribution in [-0.2, 0) is 35.4 Å². The number of aliphatic carboxylic acids is 1. The Labute approximate surface area is 205 Å². The van der Waals surface area contributed by atoms with Crippen molar-refractivity contribution < 1.29 is 45.9 Å². The molecule has 3 amide bonds. The van der Waals surface area contributed by atoms with E-state index < -0.39 is 75.3 Å². The van der Waals surface area contributed by atoms with Crippen LogP contribution in [0.2, 0.25) is 0 Å². The van der Waals surface area contributed by atoms with E-state index in [1.54, 1.807) is 0 Å². The van der Waals surface area contributed by atoms with Crippen LogP contribution >= 0.6 is 0 Å². The van der Waals surface area contributed by atoms with Crippen LogP contribution in [0, 0.1) is 0 Å². The highest BCUT2D eigenvalue weighted by Crippen LogP contribution is 2.30. The second-order valence-electron chi connectivity index (χ2n) is 8.20. The van der Waals surface area contributed by atoms with Gasteiger partial charge in [-0.05, 0) is 43.9 Å². The first kappa shape index (κ1) is 29.0. The van der Waals surface area contributed by atoms with Crippen molar-refractivity contribution in [3.05, 3.63) is 29.8 Å². The van der Waals surface area contributed by atoms with Gasteiger partial charge in [-0.2, -0.15) is 13.2 Å². The lowest BCUT2D eigenvalue weighted by Gasteiger charge is -2.38. The first-order valence-corrected chi connectivity index (χ1v) is 12.4. The molecule has 4 N–H and O–H groups in total. The molecule has 1 heterocycles. The number of sulfonamides is 1. The lowest BCUT2D eigenvalue weighted by atomic mass is 9.96. The summed E-state index contributed by atoms with van der Waals surface area (Å²) in [6, 6.07) is 1.09. The average Bonchev–Trinajstić information content (AvgIpc) is 2.79. The number of rotatable bonds is 11. The highest BCUT2D eigenvalue weighted by molar-refractivity contribution is 7.89. The Bertz CT molecular complexity index is 1100. The zero-order valence-corrected chi connectivity index (χ0v) is 19.9. The van der Waals surface area contributed by atoms with Gasteiger partial charge in [-0.25, -0.2) is 13.1 Å². The molecule has 1 aromatic rings. The third-order valence-electron chi connectivity index (χ3n) is 5.46. The van der Waals surface area contributed by atoms with Crippen LogP contribution in [0.1, 0.15) is 44.1 Å². The summed E-state index contributed by atoms with van der Waals surface area (Å²) in [5.74, 6) is -3.36. The van der Waals surface area contributed by atoms with Crippen LogP contribution in [0.25, 0.3) is 0 Å². The fraction of sp³-hybridized carbons (Fsp3) is 0.524. The van der Waals surface area contributed by atoms with Gasteiger partial charge in [-0.1, -0.05) is 6.07 Å². The molecule has 1 saturated heterocycles. The number of nitrogens with zero attached hydrogens (tertiary/aromatic N) is 1. The topological polar surface area (TPSA) is 179 Å². The van der Waals surface area contributed by atoms with Crippen LogP contribution in [0.5, 0.6) is 0 Å². The zero-order chi connectivity index (χ0) is 27.1. The Hall–Kier alpha value is -3.20. The van der Waals surface area contributed by atoms with Crippen molar-refractivity contribution in [1.29, 1.82) is 0 Å². The predicted octanol–water partition coefficient (Wildman–Crippen LogP) is -0.745. The lowest BCUT2D eigenvalue weighted by Crippen LogP contribution is -2.57. The number of carboxylic acid groups (broad SMARTS) is 1. The van der Waals surface area contributed by atoms with Crippen molar-refractivity contribution in [2.24, 2.45) is 5.73 Å². The van der Waals surface area contributed by atoms with E-state index in [1.807, 2.05) is 0 Å². The van der Waals surface area contributed by atoms with E-state index in [1.165, 1.54) is 0 Å². The monoisotopic (exact) mass is 535 g/mol. The number of carbonyl (C=O) groups excluding carboxylic acids is 4. The fourth-order valence-electron chi connectivity index (χ4n) is 3.69. The molecule has 1 aliphatic rings. The number of carboxylic acids is 1. The van der Waals surface area contributed by atoms with E-state index in [2.05, 4.69) is 10.0 Å². The number of hydrogen-bond acceptors (Lipinski definition) is 7. The number of alkyl halides is 3. The minimum atomic E-state index is -4.75. The minimum Gasteiger partial charge on any atom is -0.550 e.